The fourth-order valence-electron chi connectivity index (χ4n) is 6.76. The number of nitrogens with one attached hydrogen (secondary N) is 1. The highest BCUT2D eigenvalue weighted by molar-refractivity contribution is 5.98. The average molecular weight is 576 g/mol. The van der Waals surface area contributed by atoms with E-state index in [2.05, 4.69) is 41.4 Å². The molecule has 0 aromatic heterocycles. The molecule has 3 aromatic rings. The minimum absolute atomic E-state index is 0. The second-order valence-corrected chi connectivity index (χ2v) is 11.3. The van der Waals surface area contributed by atoms with Gasteiger partial charge in [0.15, 0.2) is 0 Å². The summed E-state index contributed by atoms with van der Waals surface area (Å²) in [5, 5.41) is 13.4. The fourth-order valence-corrected chi connectivity index (χ4v) is 6.76. The van der Waals surface area contributed by atoms with Gasteiger partial charge in [0, 0.05) is 42.1 Å². The number of rotatable bonds is 8. The number of nitrogens with zero attached hydrogens (tertiary/aromatic N) is 2. The number of halogens is 1. The molecule has 1 saturated heterocycles. The number of benzene rings is 3. The molecule has 1 fully saturated rings. The van der Waals surface area contributed by atoms with Crippen LogP contribution in [-0.4, -0.2) is 66.0 Å². The highest BCUT2D eigenvalue weighted by atomic mass is 35.5. The minimum Gasteiger partial charge on any atom is -0.508 e. The van der Waals surface area contributed by atoms with Crippen molar-refractivity contribution in [1.82, 2.24) is 15.1 Å². The molecule has 0 radical (unpaired) electrons. The predicted octanol–water partition coefficient (Wildman–Crippen LogP) is 5.90. The van der Waals surface area contributed by atoms with Crippen molar-refractivity contribution in [3.05, 3.63) is 100 Å². The molecule has 6 nitrogen and oxygen atoms in total. The molecule has 5 rings (SSSR count). The molecule has 41 heavy (non-hydrogen) atoms. The molecule has 2 heterocycles. The topological polar surface area (TPSA) is 72.9 Å². The van der Waals surface area contributed by atoms with E-state index in [0.717, 1.165) is 55.6 Å². The molecule has 2 aliphatic heterocycles. The first-order valence-electron chi connectivity index (χ1n) is 14.6. The van der Waals surface area contributed by atoms with E-state index >= 15 is 0 Å². The Morgan fingerprint density at radius 3 is 2.34 bits per heavy atom. The lowest BCUT2D eigenvalue weighted by molar-refractivity contribution is 0.0772. The number of aromatic hydroxyl groups is 1. The lowest BCUT2D eigenvalue weighted by Gasteiger charge is -2.46. The van der Waals surface area contributed by atoms with Crippen LogP contribution in [0, 0.1) is 6.92 Å². The number of amides is 2. The van der Waals surface area contributed by atoms with Crippen LogP contribution in [0.2, 0.25) is 0 Å². The van der Waals surface area contributed by atoms with E-state index in [1.54, 1.807) is 6.07 Å². The minimum atomic E-state index is 0. The van der Waals surface area contributed by atoms with Crippen molar-refractivity contribution in [2.45, 2.75) is 51.4 Å². The van der Waals surface area contributed by atoms with Gasteiger partial charge < -0.3 is 20.2 Å². The van der Waals surface area contributed by atoms with Gasteiger partial charge in [-0.15, -0.1) is 12.4 Å². The summed E-state index contributed by atoms with van der Waals surface area (Å²) in [6.45, 7) is 11.1. The van der Waals surface area contributed by atoms with Gasteiger partial charge in [-0.25, -0.2) is 0 Å². The largest absolute Gasteiger partial charge is 0.508 e. The summed E-state index contributed by atoms with van der Waals surface area (Å²) in [6, 6.07) is 21.6. The van der Waals surface area contributed by atoms with E-state index in [-0.39, 0.29) is 41.3 Å². The number of fused-ring (bicyclic) bond motifs is 2. The molecular weight excluding hydrogens is 534 g/mol. The van der Waals surface area contributed by atoms with E-state index in [0.29, 0.717) is 25.2 Å². The molecule has 2 amide bonds. The molecule has 218 valence electrons. The predicted molar refractivity (Wildman–Crippen MR) is 166 cm³/mol. The number of phenols is 1. The number of piperidine rings is 1. The summed E-state index contributed by atoms with van der Waals surface area (Å²) in [5.41, 5.74) is 6.24. The Kier molecular flexibility index (Phi) is 9.77. The van der Waals surface area contributed by atoms with Crippen LogP contribution < -0.4 is 5.32 Å². The van der Waals surface area contributed by atoms with Crippen molar-refractivity contribution in [1.29, 1.82) is 0 Å². The SMILES string of the molecule is CCN(CC)C(=O)c1ccc(C(CCN2CCC3(CC2)CNC(=O)c2cccc(C)c23)c2cccc(O)c2)cc1.Cl. The number of carbonyl (C=O) groups is 2. The van der Waals surface area contributed by atoms with Crippen molar-refractivity contribution in [2.75, 3.05) is 39.3 Å². The summed E-state index contributed by atoms with van der Waals surface area (Å²) in [5.74, 6) is 0.482. The Hall–Kier alpha value is -3.35. The van der Waals surface area contributed by atoms with Crippen LogP contribution in [0.4, 0.5) is 0 Å². The van der Waals surface area contributed by atoms with E-state index < -0.39 is 0 Å². The third-order valence-corrected chi connectivity index (χ3v) is 9.07. The zero-order chi connectivity index (χ0) is 28.3. The van der Waals surface area contributed by atoms with Gasteiger partial charge in [0.05, 0.1) is 0 Å². The summed E-state index contributed by atoms with van der Waals surface area (Å²) in [6.07, 6.45) is 2.94. The van der Waals surface area contributed by atoms with Crippen LogP contribution in [0.15, 0.2) is 66.7 Å². The smallest absolute Gasteiger partial charge is 0.253 e. The Morgan fingerprint density at radius 1 is 1.00 bits per heavy atom. The molecule has 1 atom stereocenters. The molecule has 7 heteroatoms. The molecule has 0 saturated carbocycles. The highest BCUT2D eigenvalue weighted by Gasteiger charge is 2.42. The molecule has 1 spiro atoms. The summed E-state index contributed by atoms with van der Waals surface area (Å²) in [4.78, 5) is 29.8. The normalized spacial score (nSPS) is 16.8. The molecule has 1 unspecified atom stereocenters. The zero-order valence-electron chi connectivity index (χ0n) is 24.4. The van der Waals surface area contributed by atoms with Gasteiger partial charge in [-0.2, -0.15) is 0 Å². The van der Waals surface area contributed by atoms with Gasteiger partial charge >= 0.3 is 0 Å². The number of hydrogen-bond acceptors (Lipinski definition) is 4. The first kappa shape index (κ1) is 30.6. The second kappa shape index (κ2) is 13.1. The fraction of sp³-hybridized carbons (Fsp3) is 0.412. The van der Waals surface area contributed by atoms with Crippen LogP contribution in [-0.2, 0) is 5.41 Å². The van der Waals surface area contributed by atoms with Gasteiger partial charge in [-0.1, -0.05) is 36.4 Å². The van der Waals surface area contributed by atoms with Crippen LogP contribution in [0.5, 0.6) is 5.75 Å². The van der Waals surface area contributed by atoms with Crippen molar-refractivity contribution in [3.8, 4) is 5.75 Å². The number of likely N-dealkylation sites (tertiary alicyclic amines) is 1. The monoisotopic (exact) mass is 575 g/mol. The Bertz CT molecular complexity index is 1360. The van der Waals surface area contributed by atoms with Crippen molar-refractivity contribution < 1.29 is 14.7 Å². The Balaban J connectivity index is 0.00000387. The third-order valence-electron chi connectivity index (χ3n) is 9.07. The molecular formula is C34H42ClN3O3. The van der Waals surface area contributed by atoms with Gasteiger partial charge in [0.25, 0.3) is 11.8 Å². The lowest BCUT2D eigenvalue weighted by atomic mass is 9.67. The van der Waals surface area contributed by atoms with Crippen LogP contribution in [0.1, 0.15) is 82.0 Å². The van der Waals surface area contributed by atoms with Crippen LogP contribution >= 0.6 is 12.4 Å². The van der Waals surface area contributed by atoms with E-state index in [4.69, 9.17) is 0 Å². The molecule has 0 aliphatic carbocycles. The van der Waals surface area contributed by atoms with E-state index in [9.17, 15) is 14.7 Å². The van der Waals surface area contributed by atoms with Crippen LogP contribution in [0.25, 0.3) is 0 Å². The number of phenolic OH excluding ortho intramolecular Hbond substituents is 1. The summed E-state index contributed by atoms with van der Waals surface area (Å²) < 4.78 is 0. The van der Waals surface area contributed by atoms with E-state index in [1.807, 2.05) is 55.1 Å². The lowest BCUT2D eigenvalue weighted by Crippen LogP contribution is -2.53. The number of aryl methyl sites for hydroxylation is 1. The van der Waals surface area contributed by atoms with E-state index in [1.165, 1.54) is 11.1 Å². The Labute approximate surface area is 250 Å². The van der Waals surface area contributed by atoms with Crippen molar-refractivity contribution in [3.63, 3.8) is 0 Å². The number of hydrogen-bond donors (Lipinski definition) is 2. The summed E-state index contributed by atoms with van der Waals surface area (Å²) >= 11 is 0. The standard InChI is InChI=1S/C34H41N3O3.ClH/c1-4-37(5-2)33(40)26-14-12-25(13-15-26)29(27-9-7-10-28(38)22-27)16-19-36-20-17-34(18-21-36)23-35-32(39)30-11-6-8-24(3)31(30)34;/h6-15,22,29,38H,4-5,16-21,23H2,1-3H3,(H,35,39);1H. The first-order chi connectivity index (χ1) is 19.3. The molecule has 3 aromatic carbocycles. The molecule has 0 bridgehead atoms. The summed E-state index contributed by atoms with van der Waals surface area (Å²) in [7, 11) is 0. The van der Waals surface area contributed by atoms with Gasteiger partial charge in [0.2, 0.25) is 0 Å². The van der Waals surface area contributed by atoms with Gasteiger partial charge in [-0.3, -0.25) is 9.59 Å². The molecule has 2 aliphatic rings. The maximum absolute atomic E-state index is 12.8. The maximum Gasteiger partial charge on any atom is 0.253 e. The van der Waals surface area contributed by atoms with Crippen LogP contribution in [0.3, 0.4) is 0 Å². The van der Waals surface area contributed by atoms with Gasteiger partial charge in [-0.05, 0) is 112 Å². The Morgan fingerprint density at radius 2 is 1.68 bits per heavy atom. The zero-order valence-corrected chi connectivity index (χ0v) is 25.2. The first-order valence-corrected chi connectivity index (χ1v) is 14.6. The number of carbonyl (C=O) groups excluding carboxylic acids is 2. The quantitative estimate of drug-likeness (QED) is 0.350. The maximum atomic E-state index is 12.8. The second-order valence-electron chi connectivity index (χ2n) is 11.3. The van der Waals surface area contributed by atoms with Crippen molar-refractivity contribution in [2.24, 2.45) is 0 Å². The average Bonchev–Trinajstić information content (AvgIpc) is 2.97. The van der Waals surface area contributed by atoms with Crippen molar-refractivity contribution >= 4 is 24.2 Å². The third kappa shape index (κ3) is 6.29. The molecule has 2 N–H and O–H groups in total. The highest BCUT2D eigenvalue weighted by Crippen LogP contribution is 2.41. The van der Waals surface area contributed by atoms with Gasteiger partial charge in [0.1, 0.15) is 5.75 Å².